The number of aromatic nitrogens is 4. The van der Waals surface area contributed by atoms with Gasteiger partial charge in [-0.05, 0) is 12.1 Å². The third-order valence-electron chi connectivity index (χ3n) is 2.52. The molecule has 88 valence electrons. The Kier molecular flexibility index (Phi) is 2.49. The van der Waals surface area contributed by atoms with E-state index in [1.165, 1.54) is 0 Å². The average molecular weight is 237 g/mol. The van der Waals surface area contributed by atoms with Gasteiger partial charge in [0.25, 0.3) is 0 Å². The monoisotopic (exact) mass is 237 g/mol. The first kappa shape index (κ1) is 10.5. The van der Waals surface area contributed by atoms with Gasteiger partial charge >= 0.3 is 0 Å². The van der Waals surface area contributed by atoms with E-state index < -0.39 is 0 Å². The van der Waals surface area contributed by atoms with Gasteiger partial charge in [-0.15, -0.1) is 5.10 Å². The minimum Gasteiger partial charge on any atom is -0.366 e. The number of nitrogens with two attached hydrogens (primary N) is 1. The van der Waals surface area contributed by atoms with E-state index in [2.05, 4.69) is 15.1 Å². The van der Waals surface area contributed by atoms with Crippen LogP contribution < -0.4 is 5.73 Å². The Labute approximate surface area is 104 Å². The van der Waals surface area contributed by atoms with Crippen LogP contribution in [0.15, 0.2) is 54.7 Å². The predicted molar refractivity (Wildman–Crippen MR) is 69.0 cm³/mol. The van der Waals surface area contributed by atoms with Crippen LogP contribution in [0.2, 0.25) is 0 Å². The molecule has 0 aliphatic rings. The maximum absolute atomic E-state index is 5.68. The third kappa shape index (κ3) is 1.82. The zero-order valence-corrected chi connectivity index (χ0v) is 9.56. The maximum Gasteiger partial charge on any atom is 0.240 e. The first-order valence-corrected chi connectivity index (χ1v) is 5.54. The summed E-state index contributed by atoms with van der Waals surface area (Å²) in [5, 5.41) is 4.18. The summed E-state index contributed by atoms with van der Waals surface area (Å²) in [5.41, 5.74) is 6.63. The number of rotatable bonds is 2. The van der Waals surface area contributed by atoms with Crippen LogP contribution in [0.3, 0.4) is 0 Å². The highest BCUT2D eigenvalue weighted by Crippen LogP contribution is 2.20. The van der Waals surface area contributed by atoms with Crippen molar-refractivity contribution in [2.75, 3.05) is 5.73 Å². The van der Waals surface area contributed by atoms with Gasteiger partial charge in [-0.1, -0.05) is 36.4 Å². The second-order valence-corrected chi connectivity index (χ2v) is 3.76. The molecule has 0 fully saturated rings. The van der Waals surface area contributed by atoms with Crippen molar-refractivity contribution >= 4 is 5.95 Å². The lowest BCUT2D eigenvalue weighted by Crippen LogP contribution is -2.01. The van der Waals surface area contributed by atoms with Gasteiger partial charge in [-0.25, -0.2) is 4.98 Å². The van der Waals surface area contributed by atoms with Crippen molar-refractivity contribution in [3.63, 3.8) is 0 Å². The Morgan fingerprint density at radius 3 is 2.44 bits per heavy atom. The van der Waals surface area contributed by atoms with Crippen molar-refractivity contribution < 1.29 is 0 Å². The Hall–Kier alpha value is -2.69. The van der Waals surface area contributed by atoms with E-state index in [9.17, 15) is 0 Å². The molecular formula is C13H11N5. The van der Waals surface area contributed by atoms with Gasteiger partial charge in [-0.3, -0.25) is 0 Å². The Balaban J connectivity index is 2.17. The molecule has 2 aromatic heterocycles. The van der Waals surface area contributed by atoms with Gasteiger partial charge in [0.05, 0.1) is 0 Å². The number of anilines is 1. The van der Waals surface area contributed by atoms with Crippen LogP contribution in [0.25, 0.3) is 17.2 Å². The lowest BCUT2D eigenvalue weighted by Gasteiger charge is -2.03. The largest absolute Gasteiger partial charge is 0.366 e. The van der Waals surface area contributed by atoms with Gasteiger partial charge in [0.1, 0.15) is 0 Å². The summed E-state index contributed by atoms with van der Waals surface area (Å²) >= 11 is 0. The minimum atomic E-state index is 0.236. The van der Waals surface area contributed by atoms with Crippen LogP contribution in [0.5, 0.6) is 0 Å². The summed E-state index contributed by atoms with van der Waals surface area (Å²) in [6.07, 6.45) is 1.71. The molecule has 0 saturated carbocycles. The fourth-order valence-corrected chi connectivity index (χ4v) is 1.74. The van der Waals surface area contributed by atoms with Gasteiger partial charge in [0.15, 0.2) is 11.6 Å². The van der Waals surface area contributed by atoms with Gasteiger partial charge in [0.2, 0.25) is 5.95 Å². The lowest BCUT2D eigenvalue weighted by molar-refractivity contribution is 0.857. The zero-order valence-electron chi connectivity index (χ0n) is 9.56. The molecule has 0 atom stereocenters. The number of nitrogens with zero attached hydrogens (tertiary/aromatic N) is 4. The molecule has 2 N–H and O–H groups in total. The fraction of sp³-hybridized carbons (Fsp3) is 0. The normalized spacial score (nSPS) is 10.4. The Morgan fingerprint density at radius 2 is 1.72 bits per heavy atom. The minimum absolute atomic E-state index is 0.236. The van der Waals surface area contributed by atoms with Crippen LogP contribution in [0.4, 0.5) is 5.95 Å². The van der Waals surface area contributed by atoms with Crippen LogP contribution in [0, 0.1) is 0 Å². The van der Waals surface area contributed by atoms with Crippen molar-refractivity contribution in [1.29, 1.82) is 0 Å². The topological polar surface area (TPSA) is 69.6 Å². The number of pyridine rings is 1. The van der Waals surface area contributed by atoms with E-state index in [4.69, 9.17) is 5.73 Å². The molecule has 0 radical (unpaired) electrons. The van der Waals surface area contributed by atoms with E-state index in [1.807, 2.05) is 48.5 Å². The first-order chi connectivity index (χ1) is 8.84. The smallest absolute Gasteiger partial charge is 0.240 e. The maximum atomic E-state index is 5.68. The number of nitrogen functional groups attached to an aromatic ring is 1. The van der Waals surface area contributed by atoms with E-state index in [0.29, 0.717) is 11.6 Å². The van der Waals surface area contributed by atoms with Gasteiger partial charge in [0, 0.05) is 11.8 Å². The quantitative estimate of drug-likeness (QED) is 0.739. The summed E-state index contributed by atoms with van der Waals surface area (Å²) in [7, 11) is 0. The molecule has 0 amide bonds. The summed E-state index contributed by atoms with van der Waals surface area (Å²) in [4.78, 5) is 8.50. The third-order valence-corrected chi connectivity index (χ3v) is 2.52. The van der Waals surface area contributed by atoms with Crippen molar-refractivity contribution in [1.82, 2.24) is 19.7 Å². The predicted octanol–water partition coefficient (Wildman–Crippen LogP) is 1.91. The molecule has 5 heteroatoms. The van der Waals surface area contributed by atoms with E-state index in [1.54, 1.807) is 10.9 Å². The first-order valence-electron chi connectivity index (χ1n) is 5.54. The molecule has 3 aromatic rings. The van der Waals surface area contributed by atoms with Crippen molar-refractivity contribution in [3.05, 3.63) is 54.7 Å². The molecule has 0 spiro atoms. The molecule has 0 aliphatic heterocycles. The molecule has 0 bridgehead atoms. The van der Waals surface area contributed by atoms with Crippen molar-refractivity contribution in [3.8, 4) is 17.2 Å². The second-order valence-electron chi connectivity index (χ2n) is 3.76. The summed E-state index contributed by atoms with van der Waals surface area (Å²) in [6.45, 7) is 0. The zero-order chi connectivity index (χ0) is 12.4. The van der Waals surface area contributed by atoms with Crippen LogP contribution >= 0.6 is 0 Å². The lowest BCUT2D eigenvalue weighted by atomic mass is 10.2. The molecule has 0 aliphatic carbocycles. The van der Waals surface area contributed by atoms with E-state index in [-0.39, 0.29) is 5.95 Å². The average Bonchev–Trinajstić information content (AvgIpc) is 2.83. The molecule has 0 saturated heterocycles. The highest BCUT2D eigenvalue weighted by Gasteiger charge is 2.11. The summed E-state index contributed by atoms with van der Waals surface area (Å²) in [5.74, 6) is 1.62. The van der Waals surface area contributed by atoms with Gasteiger partial charge < -0.3 is 5.73 Å². The molecule has 18 heavy (non-hydrogen) atoms. The fourth-order valence-electron chi connectivity index (χ4n) is 1.74. The number of benzene rings is 1. The van der Waals surface area contributed by atoms with Crippen LogP contribution in [0.1, 0.15) is 0 Å². The standard InChI is InChI=1S/C13H11N5/c14-13-16-12(10-6-2-1-3-7-10)18(17-13)11-8-4-5-9-15-11/h1-9H,(H2,14,17). The van der Waals surface area contributed by atoms with Crippen LogP contribution in [-0.2, 0) is 0 Å². The highest BCUT2D eigenvalue weighted by molar-refractivity contribution is 5.58. The molecule has 3 rings (SSSR count). The molecule has 1 aromatic carbocycles. The SMILES string of the molecule is Nc1nc(-c2ccccc2)n(-c2ccccn2)n1. The summed E-state index contributed by atoms with van der Waals surface area (Å²) < 4.78 is 1.64. The van der Waals surface area contributed by atoms with E-state index in [0.717, 1.165) is 5.56 Å². The van der Waals surface area contributed by atoms with Crippen LogP contribution in [-0.4, -0.2) is 19.7 Å². The Bertz CT molecular complexity index is 589. The molecular weight excluding hydrogens is 226 g/mol. The molecule has 0 unspecified atom stereocenters. The number of hydrogen-bond donors (Lipinski definition) is 1. The Morgan fingerprint density at radius 1 is 0.944 bits per heavy atom. The number of hydrogen-bond acceptors (Lipinski definition) is 4. The van der Waals surface area contributed by atoms with E-state index >= 15 is 0 Å². The second kappa shape index (κ2) is 4.29. The molecule has 2 heterocycles. The summed E-state index contributed by atoms with van der Waals surface area (Å²) in [6, 6.07) is 15.4. The van der Waals surface area contributed by atoms with Crippen molar-refractivity contribution in [2.45, 2.75) is 0 Å². The molecule has 5 nitrogen and oxygen atoms in total. The highest BCUT2D eigenvalue weighted by atomic mass is 15.4. The van der Waals surface area contributed by atoms with Crippen molar-refractivity contribution in [2.24, 2.45) is 0 Å². The van der Waals surface area contributed by atoms with Gasteiger partial charge in [-0.2, -0.15) is 9.67 Å².